The van der Waals surface area contributed by atoms with Crippen molar-refractivity contribution >= 4 is 0 Å². The van der Waals surface area contributed by atoms with Gasteiger partial charge in [0.05, 0.1) is 0 Å². The van der Waals surface area contributed by atoms with Crippen LogP contribution < -0.4 is 0 Å². The molecule has 1 atom stereocenters. The fourth-order valence-electron chi connectivity index (χ4n) is 0.897. The summed E-state index contributed by atoms with van der Waals surface area (Å²) in [4.78, 5) is 0. The molecule has 1 saturated heterocycles. The lowest BCUT2D eigenvalue weighted by Crippen LogP contribution is -2.45. The van der Waals surface area contributed by atoms with E-state index in [4.69, 9.17) is 10.2 Å². The molecule has 0 amide bonds. The smallest absolute Gasteiger partial charge is 0.185 e. The van der Waals surface area contributed by atoms with Gasteiger partial charge in [0.15, 0.2) is 12.1 Å². The Morgan fingerprint density at radius 1 is 1.50 bits per heavy atom. The molecule has 0 spiro atoms. The van der Waals surface area contributed by atoms with Crippen LogP contribution in [0.3, 0.4) is 0 Å². The molecule has 1 heterocycles. The lowest BCUT2D eigenvalue weighted by atomic mass is 10.1. The maximum absolute atomic E-state index is 12.3. The van der Waals surface area contributed by atoms with Crippen LogP contribution in [-0.4, -0.2) is 34.0 Å². The molecule has 0 aromatic heterocycles. The summed E-state index contributed by atoms with van der Waals surface area (Å²) in [5, 5.41) is 17.5. The second-order valence-corrected chi connectivity index (χ2v) is 2.49. The van der Waals surface area contributed by atoms with Gasteiger partial charge in [0, 0.05) is 19.4 Å². The Morgan fingerprint density at radius 2 is 2.10 bits per heavy atom. The average molecular weight is 153 g/mol. The highest BCUT2D eigenvalue weighted by atomic mass is 19.2. The zero-order valence-electron chi connectivity index (χ0n) is 5.30. The van der Waals surface area contributed by atoms with Gasteiger partial charge in [-0.3, -0.25) is 0 Å². The van der Waals surface area contributed by atoms with Gasteiger partial charge in [-0.05, 0) is 0 Å². The molecule has 3 nitrogen and oxygen atoms in total. The van der Waals surface area contributed by atoms with Crippen LogP contribution >= 0.6 is 0 Å². The molecule has 0 aromatic carbocycles. The summed E-state index contributed by atoms with van der Waals surface area (Å²) in [6, 6.07) is 0. The number of rotatable bonds is 0. The SMILES string of the molecule is OC1(O)CCN(F)C(F)C1. The molecule has 1 fully saturated rings. The maximum atomic E-state index is 12.3. The first-order valence-corrected chi connectivity index (χ1v) is 3.02. The van der Waals surface area contributed by atoms with E-state index in [1.165, 1.54) is 0 Å². The van der Waals surface area contributed by atoms with Crippen LogP contribution in [0.1, 0.15) is 12.8 Å². The zero-order chi connectivity index (χ0) is 7.78. The van der Waals surface area contributed by atoms with Crippen molar-refractivity contribution in [1.29, 1.82) is 0 Å². The van der Waals surface area contributed by atoms with Crippen molar-refractivity contribution in [2.75, 3.05) is 6.54 Å². The van der Waals surface area contributed by atoms with Gasteiger partial charge >= 0.3 is 0 Å². The molecule has 0 aliphatic carbocycles. The number of halogens is 2. The molecule has 1 aliphatic heterocycles. The third kappa shape index (κ3) is 1.62. The summed E-state index contributed by atoms with van der Waals surface area (Å²) in [7, 11) is 0. The van der Waals surface area contributed by atoms with Gasteiger partial charge in [-0.15, -0.1) is 9.60 Å². The van der Waals surface area contributed by atoms with Crippen LogP contribution in [0.4, 0.5) is 8.87 Å². The molecule has 60 valence electrons. The summed E-state index contributed by atoms with van der Waals surface area (Å²) in [5.41, 5.74) is 0. The van der Waals surface area contributed by atoms with Gasteiger partial charge in [0.25, 0.3) is 0 Å². The largest absolute Gasteiger partial charge is 0.365 e. The number of aliphatic hydroxyl groups is 2. The second kappa shape index (κ2) is 2.41. The first-order chi connectivity index (χ1) is 4.51. The van der Waals surface area contributed by atoms with Gasteiger partial charge in [-0.1, -0.05) is 0 Å². The van der Waals surface area contributed by atoms with E-state index in [0.717, 1.165) is 0 Å². The van der Waals surface area contributed by atoms with Crippen molar-refractivity contribution in [3.63, 3.8) is 0 Å². The van der Waals surface area contributed by atoms with Crippen molar-refractivity contribution in [2.45, 2.75) is 24.9 Å². The fourth-order valence-corrected chi connectivity index (χ4v) is 0.897. The van der Waals surface area contributed by atoms with Gasteiger partial charge in [0.2, 0.25) is 0 Å². The summed E-state index contributed by atoms with van der Waals surface area (Å²) in [5.74, 6) is -2.03. The molecular formula is C5H9F2NO2. The highest BCUT2D eigenvalue weighted by molar-refractivity contribution is 4.75. The molecule has 1 unspecified atom stereocenters. The van der Waals surface area contributed by atoms with E-state index in [9.17, 15) is 8.87 Å². The topological polar surface area (TPSA) is 43.7 Å². The highest BCUT2D eigenvalue weighted by Crippen LogP contribution is 2.25. The third-order valence-corrected chi connectivity index (χ3v) is 1.53. The summed E-state index contributed by atoms with van der Waals surface area (Å²) < 4.78 is 24.5. The van der Waals surface area contributed by atoms with Crippen molar-refractivity contribution in [3.05, 3.63) is 0 Å². The normalized spacial score (nSPS) is 34.2. The monoisotopic (exact) mass is 153 g/mol. The molecule has 0 saturated carbocycles. The number of piperidine rings is 1. The van der Waals surface area contributed by atoms with Crippen molar-refractivity contribution in [1.82, 2.24) is 5.12 Å². The van der Waals surface area contributed by atoms with Crippen LogP contribution in [0, 0.1) is 0 Å². The summed E-state index contributed by atoms with van der Waals surface area (Å²) >= 11 is 0. The van der Waals surface area contributed by atoms with Crippen LogP contribution in [-0.2, 0) is 0 Å². The van der Waals surface area contributed by atoms with Crippen LogP contribution in [0.25, 0.3) is 0 Å². The van der Waals surface area contributed by atoms with E-state index in [2.05, 4.69) is 0 Å². The molecule has 1 rings (SSSR count). The summed E-state index contributed by atoms with van der Waals surface area (Å²) in [6.45, 7) is -0.270. The van der Waals surface area contributed by atoms with E-state index in [-0.39, 0.29) is 18.1 Å². The van der Waals surface area contributed by atoms with Crippen molar-refractivity contribution in [2.24, 2.45) is 0 Å². The molecule has 5 heteroatoms. The standard InChI is InChI=1S/C5H9F2NO2/c6-4-3-5(9,10)1-2-8(4)7/h4,9-10H,1-3H2. The molecule has 2 N–H and O–H groups in total. The lowest BCUT2D eigenvalue weighted by molar-refractivity contribution is -0.244. The number of alkyl halides is 1. The fraction of sp³-hybridized carbons (Fsp3) is 1.00. The van der Waals surface area contributed by atoms with E-state index >= 15 is 0 Å². The Hall–Kier alpha value is -0.260. The van der Waals surface area contributed by atoms with E-state index in [1.54, 1.807) is 0 Å². The predicted molar refractivity (Wildman–Crippen MR) is 29.1 cm³/mol. The Bertz CT molecular complexity index is 131. The molecule has 1 aliphatic rings. The molecular weight excluding hydrogens is 144 g/mol. The number of nitrogens with zero attached hydrogens (tertiary/aromatic N) is 1. The van der Waals surface area contributed by atoms with Crippen molar-refractivity contribution < 1.29 is 19.1 Å². The van der Waals surface area contributed by atoms with Gasteiger partial charge < -0.3 is 10.2 Å². The van der Waals surface area contributed by atoms with Gasteiger partial charge in [-0.2, -0.15) is 0 Å². The Morgan fingerprint density at radius 3 is 2.50 bits per heavy atom. The van der Waals surface area contributed by atoms with Crippen molar-refractivity contribution in [3.8, 4) is 0 Å². The minimum Gasteiger partial charge on any atom is -0.365 e. The predicted octanol–water partition coefficient (Wildman–Crippen LogP) is -0.0568. The van der Waals surface area contributed by atoms with E-state index in [1.807, 2.05) is 0 Å². The quantitative estimate of drug-likeness (QED) is 0.291. The Balaban J connectivity index is 2.49. The average Bonchev–Trinajstić information content (AvgIpc) is 1.79. The minimum absolute atomic E-state index is 0.0370. The minimum atomic E-state index is -2.03. The first-order valence-electron chi connectivity index (χ1n) is 3.02. The highest BCUT2D eigenvalue weighted by Gasteiger charge is 2.37. The second-order valence-electron chi connectivity index (χ2n) is 2.49. The third-order valence-electron chi connectivity index (χ3n) is 1.53. The van der Waals surface area contributed by atoms with Crippen LogP contribution in [0.15, 0.2) is 0 Å². The van der Waals surface area contributed by atoms with E-state index in [0.29, 0.717) is 0 Å². The number of hydrogen-bond donors (Lipinski definition) is 2. The molecule has 0 radical (unpaired) electrons. The van der Waals surface area contributed by atoms with Crippen LogP contribution in [0.2, 0.25) is 0 Å². The van der Waals surface area contributed by atoms with Crippen LogP contribution in [0.5, 0.6) is 0 Å². The maximum Gasteiger partial charge on any atom is 0.185 e. The molecule has 0 aromatic rings. The Labute approximate surface area is 56.8 Å². The molecule has 10 heavy (non-hydrogen) atoms. The summed E-state index contributed by atoms with van der Waals surface area (Å²) in [6.07, 6.45) is -2.61. The Kier molecular flexibility index (Phi) is 1.89. The lowest BCUT2D eigenvalue weighted by Gasteiger charge is -2.31. The zero-order valence-corrected chi connectivity index (χ0v) is 5.30. The van der Waals surface area contributed by atoms with Gasteiger partial charge in [-0.25, -0.2) is 4.39 Å². The first kappa shape index (κ1) is 7.84. The van der Waals surface area contributed by atoms with E-state index < -0.39 is 18.5 Å². The number of hydrogen-bond acceptors (Lipinski definition) is 3. The van der Waals surface area contributed by atoms with Gasteiger partial charge in [0.1, 0.15) is 0 Å². The molecule has 0 bridgehead atoms.